The third-order valence-electron chi connectivity index (χ3n) is 2.85. The van der Waals surface area contributed by atoms with E-state index >= 15 is 0 Å². The number of pyridine rings is 1. The highest BCUT2D eigenvalue weighted by atomic mass is 35.5. The average molecular weight is 290 g/mol. The molecule has 5 heteroatoms. The van der Waals surface area contributed by atoms with Crippen LogP contribution in [0.1, 0.15) is 5.69 Å². The van der Waals surface area contributed by atoms with Gasteiger partial charge in [-0.1, -0.05) is 35.3 Å². The summed E-state index contributed by atoms with van der Waals surface area (Å²) in [5.74, 6) is 0.599. The molecule has 0 amide bonds. The lowest BCUT2D eigenvalue weighted by atomic mass is 10.2. The summed E-state index contributed by atoms with van der Waals surface area (Å²) in [4.78, 5) is 13.0. The number of para-hydroxylation sites is 1. The maximum atomic E-state index is 6.19. The van der Waals surface area contributed by atoms with Gasteiger partial charge in [-0.2, -0.15) is 0 Å². The molecule has 2 aromatic heterocycles. The molecule has 94 valence electrons. The van der Waals surface area contributed by atoms with Crippen LogP contribution in [0.5, 0.6) is 0 Å². The zero-order chi connectivity index (χ0) is 13.4. The van der Waals surface area contributed by atoms with Gasteiger partial charge in [-0.25, -0.2) is 15.0 Å². The topological polar surface area (TPSA) is 38.7 Å². The summed E-state index contributed by atoms with van der Waals surface area (Å²) >= 11 is 12.0. The Hall–Kier alpha value is -1.71. The van der Waals surface area contributed by atoms with E-state index in [4.69, 9.17) is 23.2 Å². The van der Waals surface area contributed by atoms with Crippen LogP contribution in [0.2, 0.25) is 10.2 Å². The molecular weight excluding hydrogens is 281 g/mol. The highest BCUT2D eigenvalue weighted by Crippen LogP contribution is 2.26. The van der Waals surface area contributed by atoms with Crippen LogP contribution in [0, 0.1) is 6.92 Å². The highest BCUT2D eigenvalue weighted by molar-refractivity contribution is 6.35. The van der Waals surface area contributed by atoms with Crippen LogP contribution >= 0.6 is 23.2 Å². The van der Waals surface area contributed by atoms with Gasteiger partial charge in [-0.3, -0.25) is 0 Å². The van der Waals surface area contributed by atoms with Gasteiger partial charge in [0, 0.05) is 22.8 Å². The molecule has 0 saturated carbocycles. The predicted molar refractivity (Wildman–Crippen MR) is 77.5 cm³/mol. The largest absolute Gasteiger partial charge is 0.244 e. The van der Waals surface area contributed by atoms with Crippen LogP contribution in [0.3, 0.4) is 0 Å². The molecule has 0 saturated heterocycles. The van der Waals surface area contributed by atoms with Gasteiger partial charge in [0.25, 0.3) is 0 Å². The first kappa shape index (κ1) is 12.3. The van der Waals surface area contributed by atoms with Crippen LogP contribution in [0.4, 0.5) is 0 Å². The second kappa shape index (κ2) is 4.76. The molecule has 0 unspecified atom stereocenters. The Morgan fingerprint density at radius 2 is 1.84 bits per heavy atom. The van der Waals surface area contributed by atoms with E-state index in [-0.39, 0.29) is 0 Å². The van der Waals surface area contributed by atoms with Crippen LogP contribution in [0.25, 0.3) is 22.3 Å². The number of aryl methyl sites for hydroxylation is 1. The first-order valence-corrected chi connectivity index (χ1v) is 6.45. The van der Waals surface area contributed by atoms with E-state index < -0.39 is 0 Å². The molecule has 3 aromatic rings. The van der Waals surface area contributed by atoms with Crippen molar-refractivity contribution in [3.8, 4) is 11.4 Å². The number of hydrogen-bond acceptors (Lipinski definition) is 3. The normalized spacial score (nSPS) is 10.9. The zero-order valence-corrected chi connectivity index (χ0v) is 11.6. The van der Waals surface area contributed by atoms with Crippen molar-refractivity contribution in [3.05, 3.63) is 52.4 Å². The molecule has 0 N–H and O–H groups in total. The van der Waals surface area contributed by atoms with Crippen LogP contribution < -0.4 is 0 Å². The van der Waals surface area contributed by atoms with Crippen molar-refractivity contribution < 1.29 is 0 Å². The first-order chi connectivity index (χ1) is 9.15. The molecule has 0 spiro atoms. The van der Waals surface area contributed by atoms with E-state index in [9.17, 15) is 0 Å². The van der Waals surface area contributed by atoms with Gasteiger partial charge in [-0.05, 0) is 25.1 Å². The van der Waals surface area contributed by atoms with E-state index in [1.54, 1.807) is 12.3 Å². The minimum absolute atomic E-state index is 0.444. The summed E-state index contributed by atoms with van der Waals surface area (Å²) in [6.07, 6.45) is 1.65. The maximum absolute atomic E-state index is 6.19. The monoisotopic (exact) mass is 289 g/mol. The molecule has 19 heavy (non-hydrogen) atoms. The number of benzene rings is 1. The number of nitrogens with zero attached hydrogens (tertiary/aromatic N) is 3. The lowest BCUT2D eigenvalue weighted by molar-refractivity contribution is 1.15. The summed E-state index contributed by atoms with van der Waals surface area (Å²) in [7, 11) is 0. The first-order valence-electron chi connectivity index (χ1n) is 5.70. The van der Waals surface area contributed by atoms with Gasteiger partial charge in [0.15, 0.2) is 5.82 Å². The average Bonchev–Trinajstić information content (AvgIpc) is 2.41. The van der Waals surface area contributed by atoms with E-state index in [0.717, 1.165) is 22.2 Å². The Labute approximate surface area is 120 Å². The Morgan fingerprint density at radius 3 is 2.58 bits per heavy atom. The van der Waals surface area contributed by atoms with Gasteiger partial charge < -0.3 is 0 Å². The predicted octanol–water partition coefficient (Wildman–Crippen LogP) is 4.31. The molecule has 2 heterocycles. The Bertz CT molecular complexity index is 754. The molecule has 0 radical (unpaired) electrons. The molecule has 0 aliphatic heterocycles. The van der Waals surface area contributed by atoms with Gasteiger partial charge in [0.1, 0.15) is 5.15 Å². The molecular formula is C14H9Cl2N3. The summed E-state index contributed by atoms with van der Waals surface area (Å²) in [5, 5.41) is 2.02. The summed E-state index contributed by atoms with van der Waals surface area (Å²) in [6.45, 7) is 1.94. The molecule has 3 rings (SSSR count). The van der Waals surface area contributed by atoms with Crippen molar-refractivity contribution >= 4 is 34.1 Å². The molecule has 0 atom stereocenters. The summed E-state index contributed by atoms with van der Waals surface area (Å²) < 4.78 is 0. The molecule has 0 aliphatic rings. The van der Waals surface area contributed by atoms with Crippen molar-refractivity contribution in [3.63, 3.8) is 0 Å². The van der Waals surface area contributed by atoms with Crippen molar-refractivity contribution in [1.29, 1.82) is 0 Å². The smallest absolute Gasteiger partial charge is 0.161 e. The van der Waals surface area contributed by atoms with Gasteiger partial charge >= 0.3 is 0 Å². The number of aromatic nitrogens is 3. The number of hydrogen-bond donors (Lipinski definition) is 0. The number of fused-ring (bicyclic) bond motifs is 1. The second-order valence-corrected chi connectivity index (χ2v) is 4.93. The van der Waals surface area contributed by atoms with E-state index in [2.05, 4.69) is 15.0 Å². The number of halogens is 2. The molecule has 1 aromatic carbocycles. The minimum Gasteiger partial charge on any atom is -0.244 e. The van der Waals surface area contributed by atoms with Crippen LogP contribution in [-0.4, -0.2) is 15.0 Å². The molecule has 0 bridgehead atoms. The quantitative estimate of drug-likeness (QED) is 0.627. The molecule has 0 fully saturated rings. The van der Waals surface area contributed by atoms with E-state index in [1.807, 2.05) is 31.2 Å². The molecule has 3 nitrogen and oxygen atoms in total. The third-order valence-corrected chi connectivity index (χ3v) is 3.38. The fraction of sp³-hybridized carbons (Fsp3) is 0.0714. The Balaban J connectivity index is 2.25. The molecule has 0 aliphatic carbocycles. The van der Waals surface area contributed by atoms with Gasteiger partial charge in [-0.15, -0.1) is 0 Å². The summed E-state index contributed by atoms with van der Waals surface area (Å²) in [6, 6.07) is 9.23. The lowest BCUT2D eigenvalue weighted by Crippen LogP contribution is -1.95. The SMILES string of the molecule is Cc1nc(-c2ccc(Cl)nc2)nc2c(Cl)cccc12. The van der Waals surface area contributed by atoms with Crippen molar-refractivity contribution in [2.45, 2.75) is 6.92 Å². The standard InChI is InChI=1S/C14H9Cl2N3/c1-8-10-3-2-4-11(15)13(10)19-14(18-8)9-5-6-12(16)17-7-9/h2-7H,1H3. The van der Waals surface area contributed by atoms with Crippen molar-refractivity contribution in [1.82, 2.24) is 15.0 Å². The Morgan fingerprint density at radius 1 is 1.00 bits per heavy atom. The van der Waals surface area contributed by atoms with Crippen LogP contribution in [0.15, 0.2) is 36.5 Å². The van der Waals surface area contributed by atoms with E-state index in [0.29, 0.717) is 16.0 Å². The third kappa shape index (κ3) is 2.27. The highest BCUT2D eigenvalue weighted by Gasteiger charge is 2.09. The zero-order valence-electron chi connectivity index (χ0n) is 10.1. The minimum atomic E-state index is 0.444. The van der Waals surface area contributed by atoms with Gasteiger partial charge in [0.2, 0.25) is 0 Å². The Kier molecular flexibility index (Phi) is 3.09. The van der Waals surface area contributed by atoms with Crippen LogP contribution in [-0.2, 0) is 0 Å². The lowest BCUT2D eigenvalue weighted by Gasteiger charge is -2.06. The fourth-order valence-corrected chi connectivity index (χ4v) is 2.24. The number of rotatable bonds is 1. The van der Waals surface area contributed by atoms with Crippen molar-refractivity contribution in [2.24, 2.45) is 0 Å². The fourth-order valence-electron chi connectivity index (χ4n) is 1.91. The maximum Gasteiger partial charge on any atom is 0.161 e. The second-order valence-electron chi connectivity index (χ2n) is 4.14. The van der Waals surface area contributed by atoms with Crippen molar-refractivity contribution in [2.75, 3.05) is 0 Å². The summed E-state index contributed by atoms with van der Waals surface area (Å²) in [5.41, 5.74) is 2.45. The van der Waals surface area contributed by atoms with E-state index in [1.165, 1.54) is 0 Å². The van der Waals surface area contributed by atoms with Gasteiger partial charge in [0.05, 0.1) is 10.5 Å².